The van der Waals surface area contributed by atoms with Gasteiger partial charge in [0, 0.05) is 7.05 Å². The van der Waals surface area contributed by atoms with E-state index in [1.807, 2.05) is 20.9 Å². The third-order valence-electron chi connectivity index (χ3n) is 2.22. The SMILES string of the molecule is Cc1nc2c(nc1C)N(C)C(I)N2. The second-order valence-corrected chi connectivity index (χ2v) is 4.34. The van der Waals surface area contributed by atoms with Crippen LogP contribution in [0, 0.1) is 13.8 Å². The van der Waals surface area contributed by atoms with E-state index < -0.39 is 0 Å². The molecule has 1 N–H and O–H groups in total. The number of aryl methyl sites for hydroxylation is 2. The quantitative estimate of drug-likeness (QED) is 0.448. The number of hydrogen-bond acceptors (Lipinski definition) is 4. The maximum absolute atomic E-state index is 4.48. The van der Waals surface area contributed by atoms with E-state index in [2.05, 4.69) is 42.8 Å². The van der Waals surface area contributed by atoms with Crippen LogP contribution in [0.25, 0.3) is 0 Å². The molecule has 0 aromatic carbocycles. The van der Waals surface area contributed by atoms with Crippen molar-refractivity contribution < 1.29 is 0 Å². The topological polar surface area (TPSA) is 41.1 Å². The Labute approximate surface area is 90.9 Å². The van der Waals surface area contributed by atoms with Gasteiger partial charge in [-0.15, -0.1) is 0 Å². The zero-order chi connectivity index (χ0) is 9.59. The van der Waals surface area contributed by atoms with E-state index in [1.165, 1.54) is 0 Å². The fourth-order valence-electron chi connectivity index (χ4n) is 1.25. The van der Waals surface area contributed by atoms with Gasteiger partial charge < -0.3 is 10.2 Å². The average Bonchev–Trinajstić information content (AvgIpc) is 2.32. The zero-order valence-electron chi connectivity index (χ0n) is 7.80. The molecule has 0 spiro atoms. The summed E-state index contributed by atoms with van der Waals surface area (Å²) < 4.78 is 0.258. The van der Waals surface area contributed by atoms with Gasteiger partial charge in [-0.2, -0.15) is 0 Å². The Hall–Kier alpha value is -0.590. The van der Waals surface area contributed by atoms with Gasteiger partial charge in [0.05, 0.1) is 11.4 Å². The molecule has 1 aliphatic rings. The summed E-state index contributed by atoms with van der Waals surface area (Å²) in [4.78, 5) is 11.0. The summed E-state index contributed by atoms with van der Waals surface area (Å²) in [5.41, 5.74) is 1.99. The molecular formula is C8H11IN4. The molecule has 0 saturated heterocycles. The lowest BCUT2D eigenvalue weighted by Gasteiger charge is -2.14. The molecule has 0 aliphatic carbocycles. The summed E-state index contributed by atoms with van der Waals surface area (Å²) in [6.45, 7) is 3.96. The van der Waals surface area contributed by atoms with Crippen molar-refractivity contribution in [1.29, 1.82) is 0 Å². The number of nitrogens with zero attached hydrogens (tertiary/aromatic N) is 3. The molecule has 1 unspecified atom stereocenters. The number of hydrogen-bond donors (Lipinski definition) is 1. The molecule has 2 rings (SSSR count). The molecule has 0 amide bonds. The van der Waals surface area contributed by atoms with Gasteiger partial charge in [0.25, 0.3) is 0 Å². The largest absolute Gasteiger partial charge is 0.339 e. The van der Waals surface area contributed by atoms with E-state index in [-0.39, 0.29) is 4.17 Å². The van der Waals surface area contributed by atoms with Gasteiger partial charge in [0.1, 0.15) is 0 Å². The van der Waals surface area contributed by atoms with Crippen molar-refractivity contribution in [3.8, 4) is 0 Å². The second-order valence-electron chi connectivity index (χ2n) is 3.16. The van der Waals surface area contributed by atoms with Crippen LogP contribution in [0.5, 0.6) is 0 Å². The van der Waals surface area contributed by atoms with Crippen molar-refractivity contribution >= 4 is 34.2 Å². The average molecular weight is 290 g/mol. The van der Waals surface area contributed by atoms with E-state index in [0.29, 0.717) is 0 Å². The number of anilines is 2. The van der Waals surface area contributed by atoms with Crippen molar-refractivity contribution in [3.05, 3.63) is 11.4 Å². The molecule has 2 heterocycles. The van der Waals surface area contributed by atoms with Gasteiger partial charge in [0.15, 0.2) is 15.8 Å². The summed E-state index contributed by atoms with van der Waals surface area (Å²) in [6.07, 6.45) is 0. The van der Waals surface area contributed by atoms with E-state index >= 15 is 0 Å². The Bertz CT molecular complexity index is 352. The Balaban J connectivity index is 2.53. The molecule has 1 atom stereocenters. The van der Waals surface area contributed by atoms with Crippen molar-refractivity contribution in [1.82, 2.24) is 9.97 Å². The van der Waals surface area contributed by atoms with Crippen LogP contribution >= 0.6 is 22.6 Å². The Morgan fingerprint density at radius 2 is 1.92 bits per heavy atom. The molecule has 0 bridgehead atoms. The molecule has 1 aliphatic heterocycles. The summed E-state index contributed by atoms with van der Waals surface area (Å²) in [5, 5.41) is 3.25. The molecule has 4 nitrogen and oxygen atoms in total. The van der Waals surface area contributed by atoms with Crippen LogP contribution in [-0.4, -0.2) is 21.2 Å². The maximum Gasteiger partial charge on any atom is 0.174 e. The van der Waals surface area contributed by atoms with Crippen molar-refractivity contribution in [2.24, 2.45) is 0 Å². The number of aromatic nitrogens is 2. The smallest absolute Gasteiger partial charge is 0.174 e. The van der Waals surface area contributed by atoms with E-state index in [4.69, 9.17) is 0 Å². The monoisotopic (exact) mass is 290 g/mol. The molecule has 13 heavy (non-hydrogen) atoms. The maximum atomic E-state index is 4.48. The second kappa shape index (κ2) is 2.97. The van der Waals surface area contributed by atoms with Crippen molar-refractivity contribution in [3.63, 3.8) is 0 Å². The van der Waals surface area contributed by atoms with Crippen molar-refractivity contribution in [2.75, 3.05) is 17.3 Å². The molecular weight excluding hydrogens is 279 g/mol. The van der Waals surface area contributed by atoms with Crippen LogP contribution in [0.2, 0.25) is 0 Å². The summed E-state index contributed by atoms with van der Waals surface area (Å²) in [7, 11) is 2.01. The number of rotatable bonds is 0. The van der Waals surface area contributed by atoms with E-state index in [9.17, 15) is 0 Å². The first-order chi connectivity index (χ1) is 6.09. The van der Waals surface area contributed by atoms with Gasteiger partial charge in [-0.25, -0.2) is 9.97 Å². The molecule has 0 radical (unpaired) electrons. The van der Waals surface area contributed by atoms with E-state index in [1.54, 1.807) is 0 Å². The highest BCUT2D eigenvalue weighted by molar-refractivity contribution is 14.1. The van der Waals surface area contributed by atoms with Crippen LogP contribution in [-0.2, 0) is 0 Å². The Kier molecular flexibility index (Phi) is 2.05. The lowest BCUT2D eigenvalue weighted by atomic mass is 10.3. The minimum Gasteiger partial charge on any atom is -0.339 e. The lowest BCUT2D eigenvalue weighted by molar-refractivity contribution is 0.968. The van der Waals surface area contributed by atoms with Crippen LogP contribution in [0.1, 0.15) is 11.4 Å². The van der Waals surface area contributed by atoms with Gasteiger partial charge >= 0.3 is 0 Å². The van der Waals surface area contributed by atoms with Crippen LogP contribution in [0.3, 0.4) is 0 Å². The number of alkyl halides is 1. The zero-order valence-corrected chi connectivity index (χ0v) is 9.95. The van der Waals surface area contributed by atoms with Gasteiger partial charge in [-0.3, -0.25) is 0 Å². The molecule has 1 aromatic rings. The van der Waals surface area contributed by atoms with Gasteiger partial charge in [-0.05, 0) is 36.4 Å². The lowest BCUT2D eigenvalue weighted by Crippen LogP contribution is -2.25. The fraction of sp³-hybridized carbons (Fsp3) is 0.500. The van der Waals surface area contributed by atoms with Crippen molar-refractivity contribution in [2.45, 2.75) is 18.0 Å². The number of nitrogens with one attached hydrogen (secondary N) is 1. The summed E-state index contributed by atoms with van der Waals surface area (Å²) in [5.74, 6) is 1.84. The summed E-state index contributed by atoms with van der Waals surface area (Å²) >= 11 is 2.31. The number of halogens is 1. The molecule has 0 saturated carbocycles. The Morgan fingerprint density at radius 1 is 1.31 bits per heavy atom. The molecule has 5 heteroatoms. The van der Waals surface area contributed by atoms with E-state index in [0.717, 1.165) is 23.0 Å². The predicted molar refractivity (Wildman–Crippen MR) is 61.3 cm³/mol. The highest BCUT2D eigenvalue weighted by Crippen LogP contribution is 2.32. The first-order valence-electron chi connectivity index (χ1n) is 4.08. The highest BCUT2D eigenvalue weighted by atomic mass is 127. The summed E-state index contributed by atoms with van der Waals surface area (Å²) in [6, 6.07) is 0. The van der Waals surface area contributed by atoms with Crippen LogP contribution in [0.4, 0.5) is 11.6 Å². The standard InChI is InChI=1S/C8H11IN4/c1-4-5(2)11-7-6(10-4)12-8(9)13(7)3/h8H,1-3H3,(H,10,12). The normalized spacial score (nSPS) is 20.0. The molecule has 0 fully saturated rings. The van der Waals surface area contributed by atoms with Crippen LogP contribution in [0.15, 0.2) is 0 Å². The fourth-order valence-corrected chi connectivity index (χ4v) is 1.81. The molecule has 1 aromatic heterocycles. The third-order valence-corrected chi connectivity index (χ3v) is 3.37. The minimum atomic E-state index is 0.258. The predicted octanol–water partition coefficient (Wildman–Crippen LogP) is 1.67. The highest BCUT2D eigenvalue weighted by Gasteiger charge is 2.26. The van der Waals surface area contributed by atoms with Gasteiger partial charge in [0.2, 0.25) is 0 Å². The Morgan fingerprint density at radius 3 is 2.62 bits per heavy atom. The third kappa shape index (κ3) is 1.34. The first-order valence-corrected chi connectivity index (χ1v) is 5.33. The number of fused-ring (bicyclic) bond motifs is 1. The molecule has 70 valence electrons. The van der Waals surface area contributed by atoms with Crippen LogP contribution < -0.4 is 10.2 Å². The minimum absolute atomic E-state index is 0.258. The first kappa shape index (κ1) is 8.98. The van der Waals surface area contributed by atoms with Gasteiger partial charge in [-0.1, -0.05) is 0 Å².